The number of aliphatic hydroxyl groups is 1. The van der Waals surface area contributed by atoms with Crippen LogP contribution in [0.5, 0.6) is 23.0 Å². The Bertz CT molecular complexity index is 803. The molecule has 9 heteroatoms. The summed E-state index contributed by atoms with van der Waals surface area (Å²) in [6, 6.07) is 13.5. The van der Waals surface area contributed by atoms with Crippen LogP contribution >= 0.6 is 24.8 Å². The van der Waals surface area contributed by atoms with Crippen LogP contribution in [0, 0.1) is 0 Å². The summed E-state index contributed by atoms with van der Waals surface area (Å²) < 4.78 is 21.8. The maximum absolute atomic E-state index is 10.4. The highest BCUT2D eigenvalue weighted by Crippen LogP contribution is 2.35. The number of piperazine rings is 1. The number of benzene rings is 2. The molecule has 2 aromatic carbocycles. The first-order chi connectivity index (χ1) is 13.7. The number of hydrogen-bond donors (Lipinski definition) is 1. The summed E-state index contributed by atoms with van der Waals surface area (Å²) in [6.45, 7) is 4.64. The second kappa shape index (κ2) is 11.4. The first-order valence-corrected chi connectivity index (χ1v) is 9.54. The van der Waals surface area contributed by atoms with Crippen LogP contribution in [0.25, 0.3) is 0 Å². The van der Waals surface area contributed by atoms with Crippen molar-refractivity contribution < 1.29 is 24.1 Å². The third kappa shape index (κ3) is 5.76. The first-order valence-electron chi connectivity index (χ1n) is 9.54. The maximum atomic E-state index is 10.4. The zero-order valence-corrected chi connectivity index (χ0v) is 18.5. The molecule has 7 nitrogen and oxygen atoms in total. The minimum absolute atomic E-state index is 0. The van der Waals surface area contributed by atoms with E-state index < -0.39 is 6.10 Å². The van der Waals surface area contributed by atoms with E-state index in [1.165, 1.54) is 0 Å². The van der Waals surface area contributed by atoms with Crippen molar-refractivity contribution in [1.29, 1.82) is 0 Å². The molecule has 1 atom stereocenters. The fourth-order valence-corrected chi connectivity index (χ4v) is 3.57. The van der Waals surface area contributed by atoms with Gasteiger partial charge in [-0.25, -0.2) is 0 Å². The molecule has 2 aromatic rings. The molecule has 1 unspecified atom stereocenters. The Morgan fingerprint density at radius 1 is 1.00 bits per heavy atom. The van der Waals surface area contributed by atoms with Crippen molar-refractivity contribution in [3.8, 4) is 23.0 Å². The Kier molecular flexibility index (Phi) is 9.17. The highest BCUT2D eigenvalue weighted by Gasteiger charge is 2.21. The summed E-state index contributed by atoms with van der Waals surface area (Å²) >= 11 is 0. The first kappa shape index (κ1) is 24.2. The Labute approximate surface area is 189 Å². The molecule has 0 bridgehead atoms. The third-order valence-electron chi connectivity index (χ3n) is 5.05. The van der Waals surface area contributed by atoms with Gasteiger partial charge in [-0.15, -0.1) is 24.8 Å². The Balaban J connectivity index is 0.00000160. The minimum atomic E-state index is -0.553. The number of rotatable bonds is 7. The largest absolute Gasteiger partial charge is 0.495 e. The van der Waals surface area contributed by atoms with Gasteiger partial charge in [-0.1, -0.05) is 12.1 Å². The molecule has 1 N–H and O–H groups in total. The van der Waals surface area contributed by atoms with Crippen molar-refractivity contribution in [3.63, 3.8) is 0 Å². The lowest BCUT2D eigenvalue weighted by Gasteiger charge is -2.37. The summed E-state index contributed by atoms with van der Waals surface area (Å²) in [4.78, 5) is 4.59. The number of ether oxygens (including phenoxy) is 4. The second-order valence-corrected chi connectivity index (χ2v) is 6.94. The van der Waals surface area contributed by atoms with Gasteiger partial charge in [0.05, 0.1) is 12.8 Å². The summed E-state index contributed by atoms with van der Waals surface area (Å²) in [6.07, 6.45) is -0.553. The van der Waals surface area contributed by atoms with Gasteiger partial charge in [-0.05, 0) is 24.3 Å². The van der Waals surface area contributed by atoms with Crippen molar-refractivity contribution >= 4 is 30.5 Å². The summed E-state index contributed by atoms with van der Waals surface area (Å²) in [5, 5.41) is 10.4. The van der Waals surface area contributed by atoms with Crippen LogP contribution in [0.4, 0.5) is 5.69 Å². The van der Waals surface area contributed by atoms with E-state index in [4.69, 9.17) is 18.9 Å². The van der Waals surface area contributed by atoms with Gasteiger partial charge in [0.25, 0.3) is 0 Å². The van der Waals surface area contributed by atoms with Crippen molar-refractivity contribution in [2.24, 2.45) is 0 Å². The number of halogens is 2. The molecule has 0 aromatic heterocycles. The molecule has 0 amide bonds. The van der Waals surface area contributed by atoms with Crippen LogP contribution in [0.15, 0.2) is 42.5 Å². The quantitative estimate of drug-likeness (QED) is 0.683. The lowest BCUT2D eigenvalue weighted by atomic mass is 10.2. The van der Waals surface area contributed by atoms with Crippen molar-refractivity contribution in [2.75, 3.05) is 58.1 Å². The number of aliphatic hydroxyl groups excluding tert-OH is 1. The molecule has 2 heterocycles. The van der Waals surface area contributed by atoms with E-state index in [0.717, 1.165) is 43.4 Å². The van der Waals surface area contributed by atoms with E-state index in [1.807, 2.05) is 30.3 Å². The molecule has 1 fully saturated rings. The molecule has 0 radical (unpaired) electrons. The summed E-state index contributed by atoms with van der Waals surface area (Å²) in [7, 11) is 1.70. The Hall–Kier alpha value is -2.06. The van der Waals surface area contributed by atoms with Crippen LogP contribution in [0.1, 0.15) is 0 Å². The maximum Gasteiger partial charge on any atom is 0.231 e. The Morgan fingerprint density at radius 3 is 2.50 bits per heavy atom. The molecule has 1 saturated heterocycles. The smallest absolute Gasteiger partial charge is 0.231 e. The van der Waals surface area contributed by atoms with Crippen molar-refractivity contribution in [3.05, 3.63) is 42.5 Å². The predicted molar refractivity (Wildman–Crippen MR) is 120 cm³/mol. The molecule has 166 valence electrons. The van der Waals surface area contributed by atoms with Gasteiger partial charge in [0.2, 0.25) is 6.79 Å². The van der Waals surface area contributed by atoms with E-state index in [-0.39, 0.29) is 38.2 Å². The number of anilines is 1. The monoisotopic (exact) mass is 458 g/mol. The lowest BCUT2D eigenvalue weighted by molar-refractivity contribution is 0.0662. The average Bonchev–Trinajstić information content (AvgIpc) is 3.21. The van der Waals surface area contributed by atoms with Crippen LogP contribution < -0.4 is 23.8 Å². The lowest BCUT2D eigenvalue weighted by Crippen LogP contribution is -2.49. The number of fused-ring (bicyclic) bond motifs is 1. The normalized spacial score (nSPS) is 16.3. The van der Waals surface area contributed by atoms with Crippen LogP contribution in [0.3, 0.4) is 0 Å². The molecule has 2 aliphatic heterocycles. The number of nitrogens with zero attached hydrogens (tertiary/aromatic N) is 2. The molecule has 30 heavy (non-hydrogen) atoms. The van der Waals surface area contributed by atoms with Crippen LogP contribution in [-0.4, -0.2) is 69.3 Å². The number of β-amino-alcohol motifs (C(OH)–C–C–N with tert-alkyl or cyclic N) is 1. The molecule has 0 aliphatic carbocycles. The zero-order valence-electron chi connectivity index (χ0n) is 16.9. The number of para-hydroxylation sites is 2. The highest BCUT2D eigenvalue weighted by molar-refractivity contribution is 5.85. The zero-order chi connectivity index (χ0) is 19.3. The van der Waals surface area contributed by atoms with Gasteiger partial charge in [0.1, 0.15) is 24.2 Å². The van der Waals surface area contributed by atoms with Gasteiger partial charge < -0.3 is 29.0 Å². The van der Waals surface area contributed by atoms with Gasteiger partial charge >= 0.3 is 0 Å². The van der Waals surface area contributed by atoms with Crippen molar-refractivity contribution in [2.45, 2.75) is 6.10 Å². The van der Waals surface area contributed by atoms with Gasteiger partial charge in [-0.2, -0.15) is 0 Å². The van der Waals surface area contributed by atoms with Crippen LogP contribution in [0.2, 0.25) is 0 Å². The molecular formula is C21H28Cl2N2O5. The summed E-state index contributed by atoms with van der Waals surface area (Å²) in [5.41, 5.74) is 1.12. The van der Waals surface area contributed by atoms with Crippen LogP contribution in [-0.2, 0) is 0 Å². The van der Waals surface area contributed by atoms with Crippen molar-refractivity contribution in [1.82, 2.24) is 4.90 Å². The molecule has 0 saturated carbocycles. The molecule has 0 spiro atoms. The van der Waals surface area contributed by atoms with Gasteiger partial charge in [0.15, 0.2) is 11.5 Å². The molecular weight excluding hydrogens is 431 g/mol. The van der Waals surface area contributed by atoms with E-state index in [1.54, 1.807) is 13.2 Å². The van der Waals surface area contributed by atoms with E-state index in [0.29, 0.717) is 18.0 Å². The fraction of sp³-hybridized carbons (Fsp3) is 0.429. The standard InChI is InChI=1S/C21H26N2O5.2ClH/c1-25-19-5-3-2-4-18(19)23-10-8-22(9-11-23)13-16(24)14-26-17-6-7-20-21(12-17)28-15-27-20;;/h2-7,12,16,24H,8-11,13-15H2,1H3;2*1H. The molecule has 4 rings (SSSR count). The molecule has 2 aliphatic rings. The number of hydrogen-bond acceptors (Lipinski definition) is 7. The topological polar surface area (TPSA) is 63.6 Å². The fourth-order valence-electron chi connectivity index (χ4n) is 3.57. The predicted octanol–water partition coefficient (Wildman–Crippen LogP) is 2.83. The Morgan fingerprint density at radius 2 is 1.73 bits per heavy atom. The average molecular weight is 459 g/mol. The highest BCUT2D eigenvalue weighted by atomic mass is 35.5. The van der Waals surface area contributed by atoms with E-state index in [2.05, 4.69) is 15.9 Å². The third-order valence-corrected chi connectivity index (χ3v) is 5.05. The SMILES string of the molecule is COc1ccccc1N1CCN(CC(O)COc2ccc3c(c2)OCO3)CC1.Cl.Cl. The van der Waals surface area contributed by atoms with E-state index >= 15 is 0 Å². The van der Waals surface area contributed by atoms with E-state index in [9.17, 15) is 5.11 Å². The van der Waals surface area contributed by atoms with Gasteiger partial charge in [0, 0.05) is 38.8 Å². The van der Waals surface area contributed by atoms with Gasteiger partial charge in [-0.3, -0.25) is 4.90 Å². The number of methoxy groups -OCH3 is 1. The summed E-state index contributed by atoms with van der Waals surface area (Å²) in [5.74, 6) is 2.97. The minimum Gasteiger partial charge on any atom is -0.495 e. The second-order valence-electron chi connectivity index (χ2n) is 6.94.